The predicted octanol–water partition coefficient (Wildman–Crippen LogP) is 2.78. The van der Waals surface area contributed by atoms with Gasteiger partial charge in [0, 0.05) is 12.6 Å². The lowest BCUT2D eigenvalue weighted by Gasteiger charge is -2.39. The van der Waals surface area contributed by atoms with Crippen LogP contribution < -0.4 is 5.32 Å². The van der Waals surface area contributed by atoms with Crippen molar-refractivity contribution in [1.29, 1.82) is 5.26 Å². The standard InChI is InChI=1S/C16H29N3/c1-4-14-7-9-19(10-8-14)12-16(11-17,15-5-6-15)18-13(2)3/h13-15,18H,4-10,12H2,1-3H3. The van der Waals surface area contributed by atoms with Gasteiger partial charge in [-0.3, -0.25) is 5.32 Å². The van der Waals surface area contributed by atoms with Crippen LogP contribution in [-0.4, -0.2) is 36.1 Å². The molecule has 0 aromatic rings. The highest BCUT2D eigenvalue weighted by molar-refractivity contribution is 5.17. The first kappa shape index (κ1) is 14.8. The summed E-state index contributed by atoms with van der Waals surface area (Å²) in [6.45, 7) is 9.87. The van der Waals surface area contributed by atoms with Crippen molar-refractivity contribution in [2.24, 2.45) is 11.8 Å². The van der Waals surface area contributed by atoms with Gasteiger partial charge in [0.2, 0.25) is 0 Å². The van der Waals surface area contributed by atoms with Crippen molar-refractivity contribution in [1.82, 2.24) is 10.2 Å². The van der Waals surface area contributed by atoms with Crippen LogP contribution in [0.5, 0.6) is 0 Å². The lowest BCUT2D eigenvalue weighted by atomic mass is 9.89. The Balaban J connectivity index is 1.95. The van der Waals surface area contributed by atoms with Crippen molar-refractivity contribution in [2.45, 2.75) is 64.5 Å². The summed E-state index contributed by atoms with van der Waals surface area (Å²) in [7, 11) is 0. The minimum Gasteiger partial charge on any atom is -0.300 e. The van der Waals surface area contributed by atoms with Gasteiger partial charge < -0.3 is 4.90 Å². The topological polar surface area (TPSA) is 39.1 Å². The third-order valence-electron chi connectivity index (χ3n) is 4.78. The Kier molecular flexibility index (Phi) is 4.86. The molecule has 0 aromatic heterocycles. The maximum absolute atomic E-state index is 9.73. The normalized spacial score (nSPS) is 25.2. The molecule has 19 heavy (non-hydrogen) atoms. The summed E-state index contributed by atoms with van der Waals surface area (Å²) in [5.41, 5.74) is -0.298. The van der Waals surface area contributed by atoms with Gasteiger partial charge in [-0.05, 0) is 64.5 Å². The van der Waals surface area contributed by atoms with Gasteiger partial charge in [0.25, 0.3) is 0 Å². The summed E-state index contributed by atoms with van der Waals surface area (Å²) in [6.07, 6.45) is 6.37. The summed E-state index contributed by atoms with van der Waals surface area (Å²) in [5, 5.41) is 13.3. The second-order valence-corrected chi connectivity index (χ2v) is 6.78. The smallest absolute Gasteiger partial charge is 0.122 e. The Morgan fingerprint density at radius 1 is 1.26 bits per heavy atom. The molecule has 2 fully saturated rings. The second kappa shape index (κ2) is 6.24. The van der Waals surface area contributed by atoms with Crippen molar-refractivity contribution in [2.75, 3.05) is 19.6 Å². The molecule has 1 heterocycles. The molecule has 1 N–H and O–H groups in total. The molecule has 0 amide bonds. The van der Waals surface area contributed by atoms with E-state index in [0.29, 0.717) is 12.0 Å². The number of hydrogen-bond acceptors (Lipinski definition) is 3. The lowest BCUT2D eigenvalue weighted by molar-refractivity contribution is 0.137. The van der Waals surface area contributed by atoms with Crippen LogP contribution in [0.15, 0.2) is 0 Å². The zero-order valence-electron chi connectivity index (χ0n) is 12.8. The number of piperidine rings is 1. The average Bonchev–Trinajstić information content (AvgIpc) is 3.23. The number of nitriles is 1. The second-order valence-electron chi connectivity index (χ2n) is 6.78. The molecule has 1 aliphatic carbocycles. The van der Waals surface area contributed by atoms with E-state index in [1.165, 1.54) is 45.2 Å². The molecule has 0 spiro atoms. The van der Waals surface area contributed by atoms with E-state index in [1.807, 2.05) is 0 Å². The van der Waals surface area contributed by atoms with Gasteiger partial charge in [-0.2, -0.15) is 5.26 Å². The molecule has 1 unspecified atom stereocenters. The van der Waals surface area contributed by atoms with E-state index in [2.05, 4.69) is 37.1 Å². The van der Waals surface area contributed by atoms with Gasteiger partial charge in [-0.25, -0.2) is 0 Å². The fourth-order valence-corrected chi connectivity index (χ4v) is 3.45. The van der Waals surface area contributed by atoms with Crippen LogP contribution in [0, 0.1) is 23.2 Å². The van der Waals surface area contributed by atoms with E-state index in [-0.39, 0.29) is 5.54 Å². The van der Waals surface area contributed by atoms with E-state index in [0.717, 1.165) is 12.5 Å². The van der Waals surface area contributed by atoms with Crippen LogP contribution in [0.1, 0.15) is 52.9 Å². The third-order valence-corrected chi connectivity index (χ3v) is 4.78. The number of likely N-dealkylation sites (tertiary alicyclic amines) is 1. The molecule has 3 nitrogen and oxygen atoms in total. The molecule has 1 saturated carbocycles. The Labute approximate surface area is 118 Å². The van der Waals surface area contributed by atoms with Gasteiger partial charge >= 0.3 is 0 Å². The summed E-state index contributed by atoms with van der Waals surface area (Å²) in [5.74, 6) is 1.48. The van der Waals surface area contributed by atoms with Gasteiger partial charge in [0.15, 0.2) is 0 Å². The minimum absolute atomic E-state index is 0.298. The fraction of sp³-hybridized carbons (Fsp3) is 0.938. The van der Waals surface area contributed by atoms with Crippen molar-refractivity contribution in [3.63, 3.8) is 0 Å². The fourth-order valence-electron chi connectivity index (χ4n) is 3.45. The lowest BCUT2D eigenvalue weighted by Crippen LogP contribution is -2.57. The molecule has 1 atom stereocenters. The molecule has 2 rings (SSSR count). The Hall–Kier alpha value is -0.590. The van der Waals surface area contributed by atoms with E-state index in [9.17, 15) is 5.26 Å². The highest BCUT2D eigenvalue weighted by Crippen LogP contribution is 2.40. The SMILES string of the molecule is CCC1CCN(CC(C#N)(NC(C)C)C2CC2)CC1. The van der Waals surface area contributed by atoms with E-state index < -0.39 is 0 Å². The third kappa shape index (κ3) is 3.70. The summed E-state index contributed by atoms with van der Waals surface area (Å²) >= 11 is 0. The van der Waals surface area contributed by atoms with Gasteiger partial charge in [-0.15, -0.1) is 0 Å². The zero-order valence-corrected chi connectivity index (χ0v) is 12.8. The van der Waals surface area contributed by atoms with Crippen LogP contribution in [0.2, 0.25) is 0 Å². The first-order valence-electron chi connectivity index (χ1n) is 8.01. The Bertz CT molecular complexity index is 321. The molecule has 0 bridgehead atoms. The zero-order chi connectivity index (χ0) is 13.9. The summed E-state index contributed by atoms with van der Waals surface area (Å²) in [4.78, 5) is 2.52. The highest BCUT2D eigenvalue weighted by Gasteiger charge is 2.47. The molecular weight excluding hydrogens is 234 g/mol. The largest absolute Gasteiger partial charge is 0.300 e. The summed E-state index contributed by atoms with van der Waals surface area (Å²) in [6, 6.07) is 3.01. The highest BCUT2D eigenvalue weighted by atomic mass is 15.2. The van der Waals surface area contributed by atoms with Crippen molar-refractivity contribution >= 4 is 0 Å². The van der Waals surface area contributed by atoms with Crippen LogP contribution in [0.3, 0.4) is 0 Å². The van der Waals surface area contributed by atoms with E-state index in [4.69, 9.17) is 0 Å². The maximum atomic E-state index is 9.73. The number of rotatable bonds is 6. The maximum Gasteiger partial charge on any atom is 0.122 e. The van der Waals surface area contributed by atoms with Crippen LogP contribution >= 0.6 is 0 Å². The number of hydrogen-bond donors (Lipinski definition) is 1. The van der Waals surface area contributed by atoms with Gasteiger partial charge in [0.05, 0.1) is 6.07 Å². The number of nitrogens with one attached hydrogen (secondary N) is 1. The molecule has 1 saturated heterocycles. The van der Waals surface area contributed by atoms with Gasteiger partial charge in [0.1, 0.15) is 5.54 Å². The van der Waals surface area contributed by atoms with Crippen molar-refractivity contribution < 1.29 is 0 Å². The predicted molar refractivity (Wildman–Crippen MR) is 78.8 cm³/mol. The van der Waals surface area contributed by atoms with Crippen LogP contribution in [-0.2, 0) is 0 Å². The monoisotopic (exact) mass is 263 g/mol. The van der Waals surface area contributed by atoms with E-state index >= 15 is 0 Å². The molecule has 3 heteroatoms. The number of nitrogens with zero attached hydrogens (tertiary/aromatic N) is 2. The van der Waals surface area contributed by atoms with Gasteiger partial charge in [-0.1, -0.05) is 13.3 Å². The molecular formula is C16H29N3. The molecule has 1 aliphatic heterocycles. The summed E-state index contributed by atoms with van der Waals surface area (Å²) < 4.78 is 0. The average molecular weight is 263 g/mol. The first-order valence-corrected chi connectivity index (χ1v) is 8.01. The van der Waals surface area contributed by atoms with Crippen LogP contribution in [0.25, 0.3) is 0 Å². The molecule has 108 valence electrons. The Morgan fingerprint density at radius 2 is 1.89 bits per heavy atom. The molecule has 0 aromatic carbocycles. The van der Waals surface area contributed by atoms with E-state index in [1.54, 1.807) is 0 Å². The van der Waals surface area contributed by atoms with Crippen molar-refractivity contribution in [3.8, 4) is 6.07 Å². The molecule has 2 aliphatic rings. The minimum atomic E-state index is -0.298. The van der Waals surface area contributed by atoms with Crippen LogP contribution in [0.4, 0.5) is 0 Å². The first-order chi connectivity index (χ1) is 9.09. The van der Waals surface area contributed by atoms with Crippen molar-refractivity contribution in [3.05, 3.63) is 0 Å². The quantitative estimate of drug-likeness (QED) is 0.801. The molecule has 0 radical (unpaired) electrons. The Morgan fingerprint density at radius 3 is 2.32 bits per heavy atom.